The minimum atomic E-state index is 0.0748. The molecular weight excluding hydrogens is 365 g/mol. The van der Waals surface area contributed by atoms with Gasteiger partial charge in [0.1, 0.15) is 13.4 Å². The molecule has 0 radical (unpaired) electrons. The Labute approximate surface area is 171 Å². The second-order valence-electron chi connectivity index (χ2n) is 6.71. The van der Waals surface area contributed by atoms with Crippen molar-refractivity contribution < 1.29 is 14.0 Å². The van der Waals surface area contributed by atoms with E-state index in [1.165, 1.54) is 0 Å². The Morgan fingerprint density at radius 3 is 2.55 bits per heavy atom. The van der Waals surface area contributed by atoms with Gasteiger partial charge >= 0.3 is 0 Å². The Morgan fingerprint density at radius 1 is 1.14 bits per heavy atom. The van der Waals surface area contributed by atoms with Gasteiger partial charge in [-0.25, -0.2) is 9.20 Å². The van der Waals surface area contributed by atoms with Crippen molar-refractivity contribution in [3.8, 4) is 0 Å². The number of anilines is 1. The van der Waals surface area contributed by atoms with Crippen LogP contribution in [0.4, 0.5) is 5.69 Å². The van der Waals surface area contributed by atoms with E-state index in [0.29, 0.717) is 12.9 Å². The van der Waals surface area contributed by atoms with E-state index >= 15 is 0 Å². The molecule has 0 saturated carbocycles. The van der Waals surface area contributed by atoms with Crippen molar-refractivity contribution in [1.29, 1.82) is 0 Å². The zero-order valence-corrected chi connectivity index (χ0v) is 17.3. The number of rotatable bonds is 9. The summed E-state index contributed by atoms with van der Waals surface area (Å²) in [5.41, 5.74) is 4.64. The Kier molecular flexibility index (Phi) is 7.00. The van der Waals surface area contributed by atoms with Crippen molar-refractivity contribution in [3.63, 3.8) is 0 Å². The minimum Gasteiger partial charge on any atom is -0.370 e. The number of aromatic nitrogens is 3. The number of carbonyl (C=O) groups is 1. The zero-order chi connectivity index (χ0) is 20.6. The molecule has 2 aromatic heterocycles. The van der Waals surface area contributed by atoms with Gasteiger partial charge in [-0.1, -0.05) is 18.2 Å². The van der Waals surface area contributed by atoms with Crippen LogP contribution in [-0.4, -0.2) is 43.7 Å². The van der Waals surface area contributed by atoms with Crippen LogP contribution < -0.4 is 14.8 Å². The van der Waals surface area contributed by atoms with Gasteiger partial charge in [-0.3, -0.25) is 4.79 Å². The molecule has 0 bridgehead atoms. The van der Waals surface area contributed by atoms with Crippen LogP contribution in [0, 0.1) is 0 Å². The van der Waals surface area contributed by atoms with Crippen LogP contribution in [0.3, 0.4) is 0 Å². The van der Waals surface area contributed by atoms with E-state index in [1.807, 2.05) is 49.1 Å². The smallest absolute Gasteiger partial charge is 0.212 e. The molecule has 0 aliphatic heterocycles. The lowest BCUT2D eigenvalue weighted by molar-refractivity contribution is -0.694. The summed E-state index contributed by atoms with van der Waals surface area (Å²) in [7, 11) is 1.85. The van der Waals surface area contributed by atoms with Crippen molar-refractivity contribution >= 4 is 42.6 Å². The maximum Gasteiger partial charge on any atom is 0.212 e. The number of hydrogen-bond donors (Lipinski definition) is 1. The highest BCUT2D eigenvalue weighted by Gasteiger charge is 2.14. The van der Waals surface area contributed by atoms with Crippen molar-refractivity contribution in [2.75, 3.05) is 24.5 Å². The average Bonchev–Trinajstić information content (AvgIpc) is 3.25. The fraction of sp³-hybridized carbons (Fsp3) is 0.333. The number of nitrogens with one attached hydrogen (secondary N) is 1. The Balaban J connectivity index is 1.71. The average molecular weight is 392 g/mol. The SMILES string of the molecule is BCC(=O)NCC[n+]1ccc(/C=C/c2ccc(N(CC)CC)c3nonc23)cc1. The molecule has 2 heterocycles. The molecule has 0 unspecified atom stereocenters. The number of fused-ring (bicyclic) bond motifs is 1. The van der Waals surface area contributed by atoms with E-state index in [-0.39, 0.29) is 5.91 Å². The predicted octanol–water partition coefficient (Wildman–Crippen LogP) is 1.69. The van der Waals surface area contributed by atoms with Gasteiger partial charge in [0.25, 0.3) is 0 Å². The largest absolute Gasteiger partial charge is 0.370 e. The van der Waals surface area contributed by atoms with Gasteiger partial charge in [0, 0.05) is 30.8 Å². The summed E-state index contributed by atoms with van der Waals surface area (Å²) in [6.45, 7) is 7.42. The Morgan fingerprint density at radius 2 is 1.86 bits per heavy atom. The lowest BCUT2D eigenvalue weighted by Gasteiger charge is -2.20. The number of amides is 1. The lowest BCUT2D eigenvalue weighted by atomic mass is 10.1. The maximum atomic E-state index is 11.3. The second-order valence-corrected chi connectivity index (χ2v) is 6.71. The molecule has 0 aliphatic carbocycles. The molecule has 0 saturated heterocycles. The van der Waals surface area contributed by atoms with Crippen molar-refractivity contribution in [2.24, 2.45) is 0 Å². The van der Waals surface area contributed by atoms with Gasteiger partial charge in [-0.15, -0.1) is 0 Å². The summed E-state index contributed by atoms with van der Waals surface area (Å²) < 4.78 is 7.07. The standard InChI is InChI=1S/C21H26BN5O2/c1-3-27(4-2)18-8-7-17(20-21(18)25-29-24-20)6-5-16-9-12-26(13-10-16)14-11-23-19(28)15-22/h5-10,12-13H,3-4,11,14-15,22H2,1-2H3/p+1. The molecule has 0 fully saturated rings. The maximum absolute atomic E-state index is 11.3. The summed E-state index contributed by atoms with van der Waals surface area (Å²) in [5, 5.41) is 11.1. The number of carbonyl (C=O) groups excluding carboxylic acids is 1. The first-order valence-corrected chi connectivity index (χ1v) is 10.1. The summed E-state index contributed by atoms with van der Waals surface area (Å²) in [6.07, 6.45) is 8.60. The Bertz CT molecular complexity index is 980. The van der Waals surface area contributed by atoms with Gasteiger partial charge in [0.2, 0.25) is 5.91 Å². The van der Waals surface area contributed by atoms with Crippen LogP contribution in [0.2, 0.25) is 6.32 Å². The molecule has 0 spiro atoms. The van der Waals surface area contributed by atoms with Crippen LogP contribution in [0.25, 0.3) is 23.2 Å². The Hall–Kier alpha value is -3.16. The summed E-state index contributed by atoms with van der Waals surface area (Å²) in [4.78, 5) is 13.5. The second kappa shape index (κ2) is 9.86. The zero-order valence-electron chi connectivity index (χ0n) is 17.3. The van der Waals surface area contributed by atoms with Crippen LogP contribution in [0.15, 0.2) is 41.3 Å². The molecule has 7 nitrogen and oxygen atoms in total. The number of nitrogens with zero attached hydrogens (tertiary/aromatic N) is 4. The van der Waals surface area contributed by atoms with Crippen molar-refractivity contribution in [2.45, 2.75) is 26.7 Å². The molecule has 1 aromatic carbocycles. The normalized spacial score (nSPS) is 11.2. The fourth-order valence-electron chi connectivity index (χ4n) is 3.19. The van der Waals surface area contributed by atoms with Gasteiger partial charge in [-0.2, -0.15) is 0 Å². The first-order chi connectivity index (χ1) is 14.2. The molecular formula is C21H27BN5O2+. The lowest BCUT2D eigenvalue weighted by Crippen LogP contribution is -2.39. The van der Waals surface area contributed by atoms with Gasteiger partial charge in [-0.05, 0) is 42.1 Å². The van der Waals surface area contributed by atoms with E-state index in [1.54, 1.807) is 0 Å². The summed E-state index contributed by atoms with van der Waals surface area (Å²) in [5.74, 6) is 0.0748. The highest BCUT2D eigenvalue weighted by Crippen LogP contribution is 2.28. The number of pyridine rings is 1. The molecule has 1 N–H and O–H groups in total. The van der Waals surface area contributed by atoms with E-state index in [0.717, 1.165) is 47.5 Å². The van der Waals surface area contributed by atoms with Crippen molar-refractivity contribution in [1.82, 2.24) is 15.6 Å². The molecule has 1 amide bonds. The summed E-state index contributed by atoms with van der Waals surface area (Å²) in [6, 6.07) is 8.21. The number of hydrogen-bond acceptors (Lipinski definition) is 5. The predicted molar refractivity (Wildman–Crippen MR) is 117 cm³/mol. The molecule has 3 rings (SSSR count). The molecule has 150 valence electrons. The topological polar surface area (TPSA) is 75.1 Å². The van der Waals surface area contributed by atoms with E-state index < -0.39 is 0 Å². The van der Waals surface area contributed by atoms with Gasteiger partial charge in [0.05, 0.1) is 12.2 Å². The van der Waals surface area contributed by atoms with Crippen molar-refractivity contribution in [3.05, 3.63) is 47.8 Å². The highest BCUT2D eigenvalue weighted by molar-refractivity contribution is 6.19. The van der Waals surface area contributed by atoms with Crippen LogP contribution in [-0.2, 0) is 11.3 Å². The van der Waals surface area contributed by atoms with Gasteiger partial charge in [0.15, 0.2) is 24.5 Å². The molecule has 8 heteroatoms. The monoisotopic (exact) mass is 392 g/mol. The number of benzene rings is 1. The molecule has 3 aromatic rings. The van der Waals surface area contributed by atoms with Crippen LogP contribution in [0.5, 0.6) is 0 Å². The highest BCUT2D eigenvalue weighted by atomic mass is 16.6. The third kappa shape index (κ3) is 5.02. The fourth-order valence-corrected chi connectivity index (χ4v) is 3.19. The van der Waals surface area contributed by atoms with Crippen LogP contribution in [0.1, 0.15) is 25.0 Å². The summed E-state index contributed by atoms with van der Waals surface area (Å²) >= 11 is 0. The molecule has 0 atom stereocenters. The molecule has 0 aliphatic rings. The first kappa shape index (κ1) is 20.6. The van der Waals surface area contributed by atoms with Crippen LogP contribution >= 0.6 is 0 Å². The van der Waals surface area contributed by atoms with E-state index in [4.69, 9.17) is 4.63 Å². The third-order valence-electron chi connectivity index (χ3n) is 4.92. The first-order valence-electron chi connectivity index (χ1n) is 10.1. The third-order valence-corrected chi connectivity index (χ3v) is 4.92. The minimum absolute atomic E-state index is 0.0748. The van der Waals surface area contributed by atoms with E-state index in [2.05, 4.69) is 46.5 Å². The quantitative estimate of drug-likeness (QED) is 0.443. The van der Waals surface area contributed by atoms with Gasteiger partial charge < -0.3 is 10.2 Å². The van der Waals surface area contributed by atoms with E-state index in [9.17, 15) is 4.79 Å². The molecule has 29 heavy (non-hydrogen) atoms.